The number of hydrogen-bond acceptors (Lipinski definition) is 5. The molecule has 0 saturated carbocycles. The van der Waals surface area contributed by atoms with Crippen molar-refractivity contribution in [3.63, 3.8) is 0 Å². The van der Waals surface area contributed by atoms with Gasteiger partial charge in [-0.15, -0.1) is 11.3 Å². The average molecular weight is 327 g/mol. The first-order chi connectivity index (χ1) is 11.4. The molecule has 1 aliphatic rings. The molecule has 1 aliphatic heterocycles. The van der Waals surface area contributed by atoms with Gasteiger partial charge in [-0.2, -0.15) is 0 Å². The van der Waals surface area contributed by atoms with Crippen LogP contribution in [0.1, 0.15) is 18.4 Å². The van der Waals surface area contributed by atoms with Crippen molar-refractivity contribution in [1.29, 1.82) is 0 Å². The van der Waals surface area contributed by atoms with Crippen LogP contribution in [0.15, 0.2) is 29.8 Å². The van der Waals surface area contributed by atoms with Gasteiger partial charge in [-0.1, -0.05) is 6.07 Å². The van der Waals surface area contributed by atoms with Crippen molar-refractivity contribution in [3.05, 3.63) is 35.3 Å². The van der Waals surface area contributed by atoms with E-state index in [2.05, 4.69) is 38.1 Å². The molecule has 120 valence electrons. The monoisotopic (exact) mass is 327 g/mol. The van der Waals surface area contributed by atoms with Gasteiger partial charge < -0.3 is 15.6 Å². The molecule has 0 radical (unpaired) electrons. The lowest BCUT2D eigenvalue weighted by Crippen LogP contribution is -2.35. The molecule has 1 unspecified atom stereocenters. The van der Waals surface area contributed by atoms with Crippen molar-refractivity contribution in [2.75, 3.05) is 19.6 Å². The molecule has 0 spiro atoms. The van der Waals surface area contributed by atoms with Crippen molar-refractivity contribution in [3.8, 4) is 10.7 Å². The number of piperidine rings is 1. The molecule has 3 aromatic rings. The van der Waals surface area contributed by atoms with Gasteiger partial charge in [-0.05, 0) is 61.5 Å². The van der Waals surface area contributed by atoms with Crippen LogP contribution in [0.2, 0.25) is 0 Å². The van der Waals surface area contributed by atoms with Gasteiger partial charge >= 0.3 is 0 Å². The van der Waals surface area contributed by atoms with E-state index in [9.17, 15) is 0 Å². The molecule has 0 bridgehead atoms. The van der Waals surface area contributed by atoms with E-state index in [0.29, 0.717) is 0 Å². The van der Waals surface area contributed by atoms with E-state index in [4.69, 9.17) is 4.98 Å². The van der Waals surface area contributed by atoms with Crippen LogP contribution in [-0.2, 0) is 6.54 Å². The van der Waals surface area contributed by atoms with Gasteiger partial charge in [0.2, 0.25) is 0 Å². The first-order valence-corrected chi connectivity index (χ1v) is 9.07. The van der Waals surface area contributed by atoms with Crippen LogP contribution in [-0.4, -0.2) is 34.6 Å². The molecule has 0 aromatic carbocycles. The minimum Gasteiger partial charge on any atom is -0.322 e. The maximum Gasteiger partial charge on any atom is 0.157 e. The minimum atomic E-state index is 0.738. The summed E-state index contributed by atoms with van der Waals surface area (Å²) in [6.07, 6.45) is 4.46. The molecule has 23 heavy (non-hydrogen) atoms. The lowest BCUT2D eigenvalue weighted by atomic mass is 10.00. The standard InChI is InChI=1S/C17H21N5S/c1-3-12(9-18-6-1)10-19-11-13-5-7-20-17-15(13)21-16(22-17)14-4-2-8-23-14/h2,4-5,7-8,12,18-19H,1,3,6,9-11H2,(H,20,21,22). The Morgan fingerprint density at radius 2 is 2.35 bits per heavy atom. The summed E-state index contributed by atoms with van der Waals surface area (Å²) in [7, 11) is 0. The van der Waals surface area contributed by atoms with Crippen LogP contribution in [0.25, 0.3) is 21.9 Å². The number of aromatic nitrogens is 3. The largest absolute Gasteiger partial charge is 0.322 e. The number of hydrogen-bond donors (Lipinski definition) is 3. The minimum absolute atomic E-state index is 0.738. The quantitative estimate of drug-likeness (QED) is 0.674. The Bertz CT molecular complexity index is 758. The molecule has 5 nitrogen and oxygen atoms in total. The van der Waals surface area contributed by atoms with E-state index >= 15 is 0 Å². The number of rotatable bonds is 5. The lowest BCUT2D eigenvalue weighted by molar-refractivity contribution is 0.360. The third-order valence-corrected chi connectivity index (χ3v) is 5.25. The van der Waals surface area contributed by atoms with Gasteiger partial charge in [-0.25, -0.2) is 9.97 Å². The zero-order valence-corrected chi connectivity index (χ0v) is 13.8. The third kappa shape index (κ3) is 3.29. The highest BCUT2D eigenvalue weighted by atomic mass is 32.1. The van der Waals surface area contributed by atoms with Crippen molar-refractivity contribution in [1.82, 2.24) is 25.6 Å². The van der Waals surface area contributed by atoms with Gasteiger partial charge in [0.25, 0.3) is 0 Å². The topological polar surface area (TPSA) is 65.6 Å². The molecule has 1 atom stereocenters. The average Bonchev–Trinajstić information content (AvgIpc) is 3.25. The number of H-pyrrole nitrogens is 1. The maximum atomic E-state index is 4.76. The predicted octanol–water partition coefficient (Wildman–Crippen LogP) is 2.78. The Kier molecular flexibility index (Phi) is 4.37. The summed E-state index contributed by atoms with van der Waals surface area (Å²) in [5, 5.41) is 9.12. The summed E-state index contributed by atoms with van der Waals surface area (Å²) in [4.78, 5) is 13.7. The van der Waals surface area contributed by atoms with Gasteiger partial charge in [0, 0.05) is 12.7 Å². The number of imidazole rings is 1. The number of aromatic amines is 1. The second-order valence-corrected chi connectivity index (χ2v) is 7.02. The Hall–Kier alpha value is -1.76. The molecular formula is C17H21N5S. The van der Waals surface area contributed by atoms with Gasteiger partial charge in [0.1, 0.15) is 11.3 Å². The molecule has 0 amide bonds. The Morgan fingerprint density at radius 3 is 3.17 bits per heavy atom. The predicted molar refractivity (Wildman–Crippen MR) is 94.5 cm³/mol. The molecule has 0 aliphatic carbocycles. The van der Waals surface area contributed by atoms with E-state index in [1.807, 2.05) is 12.3 Å². The van der Waals surface area contributed by atoms with Crippen LogP contribution < -0.4 is 10.6 Å². The van der Waals surface area contributed by atoms with Crippen molar-refractivity contribution in [2.45, 2.75) is 19.4 Å². The fourth-order valence-corrected chi connectivity index (χ4v) is 3.81. The highest BCUT2D eigenvalue weighted by molar-refractivity contribution is 7.13. The van der Waals surface area contributed by atoms with E-state index in [-0.39, 0.29) is 0 Å². The first-order valence-electron chi connectivity index (χ1n) is 8.19. The van der Waals surface area contributed by atoms with E-state index < -0.39 is 0 Å². The molecule has 4 rings (SSSR count). The molecule has 6 heteroatoms. The second kappa shape index (κ2) is 6.78. The van der Waals surface area contributed by atoms with E-state index in [1.54, 1.807) is 11.3 Å². The Balaban J connectivity index is 1.48. The van der Waals surface area contributed by atoms with Crippen LogP contribution >= 0.6 is 11.3 Å². The van der Waals surface area contributed by atoms with Crippen molar-refractivity contribution in [2.24, 2.45) is 5.92 Å². The normalized spacial score (nSPS) is 18.5. The van der Waals surface area contributed by atoms with Crippen LogP contribution in [0, 0.1) is 5.92 Å². The fraction of sp³-hybridized carbons (Fsp3) is 0.412. The van der Waals surface area contributed by atoms with Crippen LogP contribution in [0.4, 0.5) is 0 Å². The van der Waals surface area contributed by atoms with Crippen molar-refractivity contribution < 1.29 is 0 Å². The van der Waals surface area contributed by atoms with Crippen LogP contribution in [0.5, 0.6) is 0 Å². The second-order valence-electron chi connectivity index (χ2n) is 6.07. The summed E-state index contributed by atoms with van der Waals surface area (Å²) in [6, 6.07) is 6.19. The zero-order valence-electron chi connectivity index (χ0n) is 13.0. The third-order valence-electron chi connectivity index (χ3n) is 4.37. The van der Waals surface area contributed by atoms with Crippen molar-refractivity contribution >= 4 is 22.5 Å². The number of nitrogens with zero attached hydrogens (tertiary/aromatic N) is 2. The Morgan fingerprint density at radius 1 is 1.35 bits per heavy atom. The van der Waals surface area contributed by atoms with Crippen LogP contribution in [0.3, 0.4) is 0 Å². The number of nitrogens with one attached hydrogen (secondary N) is 3. The summed E-state index contributed by atoms with van der Waals surface area (Å²) in [5.74, 6) is 1.65. The smallest absolute Gasteiger partial charge is 0.157 e. The highest BCUT2D eigenvalue weighted by Gasteiger charge is 2.13. The van der Waals surface area contributed by atoms with Gasteiger partial charge in [0.05, 0.1) is 4.88 Å². The molecular weight excluding hydrogens is 306 g/mol. The summed E-state index contributed by atoms with van der Waals surface area (Å²) < 4.78 is 0. The van der Waals surface area contributed by atoms with E-state index in [0.717, 1.165) is 47.4 Å². The highest BCUT2D eigenvalue weighted by Crippen LogP contribution is 2.25. The van der Waals surface area contributed by atoms with Gasteiger partial charge in [0.15, 0.2) is 5.65 Å². The summed E-state index contributed by atoms with van der Waals surface area (Å²) >= 11 is 1.69. The lowest BCUT2D eigenvalue weighted by Gasteiger charge is -2.22. The number of thiophene rings is 1. The first kappa shape index (κ1) is 14.8. The molecule has 1 fully saturated rings. The summed E-state index contributed by atoms with van der Waals surface area (Å²) in [5.41, 5.74) is 3.05. The number of fused-ring (bicyclic) bond motifs is 1. The molecule has 4 heterocycles. The Labute approximate surface area is 139 Å². The van der Waals surface area contributed by atoms with Gasteiger partial charge in [-0.3, -0.25) is 0 Å². The summed E-state index contributed by atoms with van der Waals surface area (Å²) in [6.45, 7) is 4.19. The molecule has 1 saturated heterocycles. The number of pyridine rings is 1. The molecule has 3 aromatic heterocycles. The van der Waals surface area contributed by atoms with E-state index in [1.165, 1.54) is 24.9 Å². The molecule has 3 N–H and O–H groups in total. The maximum absolute atomic E-state index is 4.76. The fourth-order valence-electron chi connectivity index (χ4n) is 3.14. The zero-order chi connectivity index (χ0) is 15.5. The SMILES string of the molecule is c1csc(-c2nc3c(CNCC4CCCNC4)ccnc3[nH]2)c1.